The van der Waals surface area contributed by atoms with E-state index in [2.05, 4.69) is 36.7 Å². The number of likely N-dealkylation sites (tertiary alicyclic amines) is 1. The summed E-state index contributed by atoms with van der Waals surface area (Å²) in [6.45, 7) is 8.12. The van der Waals surface area contributed by atoms with Gasteiger partial charge in [-0.2, -0.15) is 5.10 Å². The summed E-state index contributed by atoms with van der Waals surface area (Å²) in [6.07, 6.45) is 6.36. The number of nitrogens with zero attached hydrogens (tertiary/aromatic N) is 5. The molecule has 1 N–H and O–H groups in total. The highest BCUT2D eigenvalue weighted by atomic mass is 16.5. The van der Waals surface area contributed by atoms with Gasteiger partial charge in [-0.05, 0) is 37.9 Å². The summed E-state index contributed by atoms with van der Waals surface area (Å²) >= 11 is 0. The summed E-state index contributed by atoms with van der Waals surface area (Å²) in [5, 5.41) is 8.26. The molecule has 25 heavy (non-hydrogen) atoms. The van der Waals surface area contributed by atoms with Crippen LogP contribution in [0.25, 0.3) is 11.5 Å². The molecule has 0 spiro atoms. The van der Waals surface area contributed by atoms with Crippen LogP contribution in [0.3, 0.4) is 0 Å². The monoisotopic (exact) mass is 344 g/mol. The van der Waals surface area contributed by atoms with Crippen LogP contribution in [0.2, 0.25) is 0 Å². The molecule has 7 nitrogen and oxygen atoms in total. The molecule has 2 aromatic heterocycles. The Kier molecular flexibility index (Phi) is 5.14. The lowest BCUT2D eigenvalue weighted by Gasteiger charge is -2.16. The molecule has 2 aliphatic heterocycles. The Labute approximate surface area is 149 Å². The van der Waals surface area contributed by atoms with E-state index < -0.39 is 0 Å². The van der Waals surface area contributed by atoms with Gasteiger partial charge >= 0.3 is 0 Å². The second kappa shape index (κ2) is 7.68. The predicted octanol–water partition coefficient (Wildman–Crippen LogP) is 1.21. The smallest absolute Gasteiger partial charge is 0.160 e. The normalized spacial score (nSPS) is 21.4. The molecule has 0 aliphatic carbocycles. The fourth-order valence-corrected chi connectivity index (χ4v) is 3.92. The molecule has 1 fully saturated rings. The zero-order valence-electron chi connectivity index (χ0n) is 15.0. The maximum atomic E-state index is 5.20. The van der Waals surface area contributed by atoms with Crippen molar-refractivity contribution >= 4 is 0 Å². The van der Waals surface area contributed by atoms with Crippen LogP contribution in [0, 0.1) is 5.92 Å². The second-order valence-corrected chi connectivity index (χ2v) is 7.13. The quantitative estimate of drug-likeness (QED) is 0.853. The molecule has 2 aromatic rings. The minimum absolute atomic E-state index is 0.673. The van der Waals surface area contributed by atoms with Gasteiger partial charge in [0.1, 0.15) is 5.69 Å². The molecule has 0 radical (unpaired) electrons. The van der Waals surface area contributed by atoms with Crippen molar-refractivity contribution in [2.75, 3.05) is 39.9 Å². The van der Waals surface area contributed by atoms with E-state index in [1.165, 1.54) is 18.7 Å². The number of rotatable bonds is 6. The van der Waals surface area contributed by atoms with Gasteiger partial charge in [0.25, 0.3) is 0 Å². The molecule has 0 aromatic carbocycles. The van der Waals surface area contributed by atoms with Crippen LogP contribution in [0.1, 0.15) is 18.5 Å². The Hall–Kier alpha value is -1.70. The van der Waals surface area contributed by atoms with Crippen LogP contribution in [0.4, 0.5) is 0 Å². The maximum Gasteiger partial charge on any atom is 0.160 e. The largest absolute Gasteiger partial charge is 0.383 e. The number of hydrogen-bond donors (Lipinski definition) is 1. The number of nitrogens with one attached hydrogen (secondary N) is 1. The number of methoxy groups -OCH3 is 1. The van der Waals surface area contributed by atoms with E-state index >= 15 is 0 Å². The van der Waals surface area contributed by atoms with Gasteiger partial charge in [-0.25, -0.2) is 4.98 Å². The van der Waals surface area contributed by atoms with Crippen LogP contribution < -0.4 is 5.32 Å². The first-order valence-electron chi connectivity index (χ1n) is 9.33. The molecule has 4 heterocycles. The number of ether oxygens (including phenoxy) is 1. The zero-order chi connectivity index (χ0) is 17.1. The Bertz CT molecular complexity index is 670. The van der Waals surface area contributed by atoms with E-state index in [0.717, 1.165) is 63.8 Å². The first kappa shape index (κ1) is 16.8. The molecular weight excluding hydrogens is 316 g/mol. The third kappa shape index (κ3) is 3.78. The van der Waals surface area contributed by atoms with E-state index in [-0.39, 0.29) is 0 Å². The Morgan fingerprint density at radius 2 is 2.32 bits per heavy atom. The van der Waals surface area contributed by atoms with Gasteiger partial charge in [0.05, 0.1) is 12.3 Å². The van der Waals surface area contributed by atoms with E-state index in [4.69, 9.17) is 9.84 Å². The Morgan fingerprint density at radius 1 is 1.36 bits per heavy atom. The molecule has 7 heteroatoms. The van der Waals surface area contributed by atoms with Gasteiger partial charge in [0, 0.05) is 52.2 Å². The number of imidazole rings is 1. The molecule has 2 aliphatic rings. The lowest BCUT2D eigenvalue weighted by Crippen LogP contribution is -2.25. The lowest BCUT2D eigenvalue weighted by atomic mass is 10.1. The summed E-state index contributed by atoms with van der Waals surface area (Å²) < 4.78 is 9.61. The standard InChI is InChI=1S/C18H28N6O/c1-25-10-9-22-7-3-15(13-22)14-23-8-5-20-18(23)17-11-16-12-19-4-2-6-24(16)21-17/h5,8,11,15,19H,2-4,6-7,9-10,12-14H2,1H3. The first-order chi connectivity index (χ1) is 12.3. The number of aromatic nitrogens is 4. The van der Waals surface area contributed by atoms with E-state index in [1.54, 1.807) is 7.11 Å². The van der Waals surface area contributed by atoms with Gasteiger partial charge in [-0.15, -0.1) is 0 Å². The number of fused-ring (bicyclic) bond motifs is 1. The van der Waals surface area contributed by atoms with Crippen LogP contribution in [-0.4, -0.2) is 64.1 Å². The fraction of sp³-hybridized carbons (Fsp3) is 0.667. The SMILES string of the molecule is COCCN1CCC(Cn2ccnc2-c2cc3n(n2)CCCNC3)C1. The van der Waals surface area contributed by atoms with Gasteiger partial charge in [-0.1, -0.05) is 0 Å². The van der Waals surface area contributed by atoms with Crippen LogP contribution >= 0.6 is 0 Å². The predicted molar refractivity (Wildman–Crippen MR) is 96.2 cm³/mol. The van der Waals surface area contributed by atoms with Crippen molar-refractivity contribution in [1.82, 2.24) is 29.5 Å². The minimum Gasteiger partial charge on any atom is -0.383 e. The van der Waals surface area contributed by atoms with Crippen molar-refractivity contribution < 1.29 is 4.74 Å². The summed E-state index contributed by atoms with van der Waals surface area (Å²) in [5.74, 6) is 1.67. The van der Waals surface area contributed by atoms with Crippen molar-refractivity contribution in [2.45, 2.75) is 32.5 Å². The Balaban J connectivity index is 1.44. The fourth-order valence-electron chi connectivity index (χ4n) is 3.92. The first-order valence-corrected chi connectivity index (χ1v) is 9.33. The minimum atomic E-state index is 0.673. The third-order valence-electron chi connectivity index (χ3n) is 5.27. The number of hydrogen-bond acceptors (Lipinski definition) is 5. The molecule has 1 saturated heterocycles. The van der Waals surface area contributed by atoms with E-state index in [0.29, 0.717) is 5.92 Å². The lowest BCUT2D eigenvalue weighted by molar-refractivity contribution is 0.158. The van der Waals surface area contributed by atoms with Crippen molar-refractivity contribution in [3.05, 3.63) is 24.2 Å². The van der Waals surface area contributed by atoms with Crippen molar-refractivity contribution in [3.8, 4) is 11.5 Å². The molecule has 136 valence electrons. The zero-order valence-corrected chi connectivity index (χ0v) is 15.0. The maximum absolute atomic E-state index is 5.20. The highest BCUT2D eigenvalue weighted by molar-refractivity contribution is 5.50. The van der Waals surface area contributed by atoms with Crippen molar-refractivity contribution in [3.63, 3.8) is 0 Å². The molecule has 0 amide bonds. The van der Waals surface area contributed by atoms with Crippen LogP contribution in [0.15, 0.2) is 18.5 Å². The van der Waals surface area contributed by atoms with E-state index in [9.17, 15) is 0 Å². The molecule has 0 saturated carbocycles. The molecule has 1 atom stereocenters. The van der Waals surface area contributed by atoms with Gasteiger partial charge in [0.15, 0.2) is 5.82 Å². The summed E-state index contributed by atoms with van der Waals surface area (Å²) in [7, 11) is 1.77. The second-order valence-electron chi connectivity index (χ2n) is 7.13. The summed E-state index contributed by atoms with van der Waals surface area (Å²) in [6, 6.07) is 2.19. The topological polar surface area (TPSA) is 60.1 Å². The third-order valence-corrected chi connectivity index (χ3v) is 5.27. The summed E-state index contributed by atoms with van der Waals surface area (Å²) in [5.41, 5.74) is 2.26. The van der Waals surface area contributed by atoms with Gasteiger partial charge < -0.3 is 19.5 Å². The van der Waals surface area contributed by atoms with Gasteiger partial charge in [0.2, 0.25) is 0 Å². The van der Waals surface area contributed by atoms with Crippen molar-refractivity contribution in [2.24, 2.45) is 5.92 Å². The van der Waals surface area contributed by atoms with Crippen LogP contribution in [-0.2, 0) is 24.4 Å². The molecule has 0 bridgehead atoms. The molecule has 1 unspecified atom stereocenters. The average molecular weight is 344 g/mol. The summed E-state index contributed by atoms with van der Waals surface area (Å²) in [4.78, 5) is 7.09. The van der Waals surface area contributed by atoms with Crippen LogP contribution in [0.5, 0.6) is 0 Å². The Morgan fingerprint density at radius 3 is 3.24 bits per heavy atom. The molecular formula is C18H28N6O. The van der Waals surface area contributed by atoms with Gasteiger partial charge in [-0.3, -0.25) is 4.68 Å². The highest BCUT2D eigenvalue weighted by Gasteiger charge is 2.24. The molecule has 4 rings (SSSR count). The highest BCUT2D eigenvalue weighted by Crippen LogP contribution is 2.23. The van der Waals surface area contributed by atoms with Crippen molar-refractivity contribution in [1.29, 1.82) is 0 Å². The average Bonchev–Trinajstić information content (AvgIpc) is 3.32. The number of aryl methyl sites for hydroxylation is 1. The van der Waals surface area contributed by atoms with E-state index in [1.807, 2.05) is 6.20 Å².